The first-order valence-corrected chi connectivity index (χ1v) is 11.9. The number of aliphatic hydroxyl groups is 1. The number of rotatable bonds is 8. The van der Waals surface area contributed by atoms with Crippen LogP contribution in [-0.4, -0.2) is 40.8 Å². The van der Waals surface area contributed by atoms with E-state index in [2.05, 4.69) is 5.32 Å². The quantitative estimate of drug-likeness (QED) is 0.565. The van der Waals surface area contributed by atoms with Crippen LogP contribution in [-0.2, 0) is 4.79 Å². The van der Waals surface area contributed by atoms with Gasteiger partial charge in [-0.15, -0.1) is 0 Å². The number of amides is 1. The number of aliphatic hydroxyl groups excluding tert-OH is 1. The van der Waals surface area contributed by atoms with Crippen LogP contribution in [0.3, 0.4) is 0 Å². The van der Waals surface area contributed by atoms with Crippen LogP contribution in [0.4, 0.5) is 4.39 Å². The summed E-state index contributed by atoms with van der Waals surface area (Å²) < 4.78 is 21.2. The molecule has 174 valence electrons. The van der Waals surface area contributed by atoms with Crippen LogP contribution < -0.4 is 10.1 Å². The first-order chi connectivity index (χ1) is 15.2. The Balaban J connectivity index is 1.34. The summed E-state index contributed by atoms with van der Waals surface area (Å²) in [6.45, 7) is 1.87. The molecule has 5 aliphatic carbocycles. The molecule has 6 rings (SSSR count). The molecule has 3 N–H and O–H groups in total. The van der Waals surface area contributed by atoms with E-state index in [1.807, 2.05) is 0 Å². The highest BCUT2D eigenvalue weighted by Crippen LogP contribution is 2.60. The van der Waals surface area contributed by atoms with Crippen LogP contribution >= 0.6 is 0 Å². The number of halogens is 1. The number of benzene rings is 1. The standard InChI is InChI=1S/C25H32FNO5/c1-13(28)22(24(30)31)27-23(29)19-7-18(17-2-3-17)21(8-20(19)26)32-12-25-9-14-4-15(10-25)6-16(5-14)11-25/h7-8,13-17,22,28H,2-6,9-12H2,1H3,(H,27,29)(H,30,31)/t13?,14?,15?,16?,22-,25?/m0/s1. The molecule has 0 spiro atoms. The van der Waals surface area contributed by atoms with Gasteiger partial charge in [0.05, 0.1) is 18.3 Å². The second kappa shape index (κ2) is 8.01. The van der Waals surface area contributed by atoms with Gasteiger partial charge in [0, 0.05) is 11.5 Å². The van der Waals surface area contributed by atoms with Crippen molar-refractivity contribution in [3.63, 3.8) is 0 Å². The molecule has 2 atom stereocenters. The van der Waals surface area contributed by atoms with Crippen LogP contribution in [0.25, 0.3) is 0 Å². The van der Waals surface area contributed by atoms with Gasteiger partial charge in [0.1, 0.15) is 11.6 Å². The maximum Gasteiger partial charge on any atom is 0.328 e. The second-order valence-corrected chi connectivity index (χ2v) is 10.9. The van der Waals surface area contributed by atoms with E-state index >= 15 is 0 Å². The Kier molecular flexibility index (Phi) is 5.43. The second-order valence-electron chi connectivity index (χ2n) is 10.9. The number of aliphatic carboxylic acids is 1. The monoisotopic (exact) mass is 445 g/mol. The van der Waals surface area contributed by atoms with E-state index in [4.69, 9.17) is 4.74 Å². The van der Waals surface area contributed by atoms with Gasteiger partial charge in [-0.05, 0) is 93.6 Å². The number of hydrogen-bond acceptors (Lipinski definition) is 4. The average molecular weight is 446 g/mol. The zero-order valence-corrected chi connectivity index (χ0v) is 18.5. The van der Waals surface area contributed by atoms with Gasteiger partial charge in [0.2, 0.25) is 0 Å². The van der Waals surface area contributed by atoms with Crippen molar-refractivity contribution in [3.05, 3.63) is 29.1 Å². The lowest BCUT2D eigenvalue weighted by Crippen LogP contribution is -2.48. The minimum atomic E-state index is -1.50. The topological polar surface area (TPSA) is 95.9 Å². The van der Waals surface area contributed by atoms with Crippen LogP contribution in [0, 0.1) is 29.0 Å². The molecule has 4 bridgehead atoms. The van der Waals surface area contributed by atoms with Crippen molar-refractivity contribution >= 4 is 11.9 Å². The third kappa shape index (κ3) is 4.12. The van der Waals surface area contributed by atoms with Crippen molar-refractivity contribution in [3.8, 4) is 5.75 Å². The van der Waals surface area contributed by atoms with Gasteiger partial charge in [-0.3, -0.25) is 4.79 Å². The lowest BCUT2D eigenvalue weighted by molar-refractivity contribution is -0.141. The zero-order chi connectivity index (χ0) is 22.6. The summed E-state index contributed by atoms with van der Waals surface area (Å²) in [5, 5.41) is 21.1. The minimum absolute atomic E-state index is 0.202. The lowest BCUT2D eigenvalue weighted by Gasteiger charge is -2.56. The van der Waals surface area contributed by atoms with E-state index < -0.39 is 29.8 Å². The predicted molar refractivity (Wildman–Crippen MR) is 115 cm³/mol. The van der Waals surface area contributed by atoms with Crippen LogP contribution in [0.2, 0.25) is 0 Å². The Morgan fingerprint density at radius 1 is 1.16 bits per heavy atom. The maximum absolute atomic E-state index is 15.0. The molecule has 1 aromatic rings. The molecule has 1 aromatic carbocycles. The normalized spacial score (nSPS) is 32.4. The highest BCUT2D eigenvalue weighted by atomic mass is 19.1. The number of carboxylic acids is 1. The number of nitrogens with one attached hydrogen (secondary N) is 1. The van der Waals surface area contributed by atoms with Gasteiger partial charge in [-0.25, -0.2) is 9.18 Å². The zero-order valence-electron chi connectivity index (χ0n) is 18.5. The number of carboxylic acid groups (broad SMARTS) is 1. The third-order valence-corrected chi connectivity index (χ3v) is 8.10. The summed E-state index contributed by atoms with van der Waals surface area (Å²) in [6.07, 6.45) is 8.31. The predicted octanol–water partition coefficient (Wildman–Crippen LogP) is 3.86. The van der Waals surface area contributed by atoms with E-state index in [1.165, 1.54) is 57.6 Å². The van der Waals surface area contributed by atoms with Crippen molar-refractivity contribution in [1.82, 2.24) is 5.32 Å². The van der Waals surface area contributed by atoms with Crippen molar-refractivity contribution in [1.29, 1.82) is 0 Å². The number of ether oxygens (including phenoxy) is 1. The first kappa shape index (κ1) is 21.7. The van der Waals surface area contributed by atoms with E-state index in [-0.39, 0.29) is 16.9 Å². The average Bonchev–Trinajstić information content (AvgIpc) is 3.54. The fourth-order valence-corrected chi connectivity index (χ4v) is 6.89. The number of carbonyl (C=O) groups excluding carboxylic acids is 1. The number of carbonyl (C=O) groups is 2. The summed E-state index contributed by atoms with van der Waals surface area (Å²) in [5.41, 5.74) is 0.819. The fraction of sp³-hybridized carbons (Fsp3) is 0.680. The maximum atomic E-state index is 15.0. The lowest BCUT2D eigenvalue weighted by atomic mass is 9.50. The van der Waals surface area contributed by atoms with Crippen molar-refractivity contribution in [2.24, 2.45) is 23.2 Å². The molecule has 1 unspecified atom stereocenters. The summed E-state index contributed by atoms with van der Waals surface area (Å²) in [4.78, 5) is 23.9. The summed E-state index contributed by atoms with van der Waals surface area (Å²) in [5.74, 6) is 0.243. The van der Waals surface area contributed by atoms with Crippen LogP contribution in [0.1, 0.15) is 80.1 Å². The molecular weight excluding hydrogens is 413 g/mol. The Morgan fingerprint density at radius 2 is 1.75 bits per heavy atom. The molecule has 0 saturated heterocycles. The molecule has 1 amide bonds. The molecule has 32 heavy (non-hydrogen) atoms. The first-order valence-electron chi connectivity index (χ1n) is 11.9. The van der Waals surface area contributed by atoms with Crippen LogP contribution in [0.15, 0.2) is 12.1 Å². The third-order valence-electron chi connectivity index (χ3n) is 8.10. The molecule has 6 nitrogen and oxygen atoms in total. The summed E-state index contributed by atoms with van der Waals surface area (Å²) in [7, 11) is 0. The summed E-state index contributed by atoms with van der Waals surface area (Å²) >= 11 is 0. The van der Waals surface area contributed by atoms with Crippen molar-refractivity contribution in [2.45, 2.75) is 76.4 Å². The van der Waals surface area contributed by atoms with Gasteiger partial charge in [0.25, 0.3) is 5.91 Å². The van der Waals surface area contributed by atoms with E-state index in [0.29, 0.717) is 12.4 Å². The van der Waals surface area contributed by atoms with E-state index in [9.17, 15) is 24.2 Å². The van der Waals surface area contributed by atoms with Gasteiger partial charge >= 0.3 is 5.97 Å². The number of hydrogen-bond donors (Lipinski definition) is 3. The molecule has 0 aliphatic heterocycles. The van der Waals surface area contributed by atoms with Crippen molar-refractivity contribution in [2.75, 3.05) is 6.61 Å². The largest absolute Gasteiger partial charge is 0.493 e. The Labute approximate surface area is 187 Å². The fourth-order valence-electron chi connectivity index (χ4n) is 6.89. The Morgan fingerprint density at radius 3 is 2.25 bits per heavy atom. The van der Waals surface area contributed by atoms with E-state index in [0.717, 1.165) is 36.2 Å². The molecular formula is C25H32FNO5. The SMILES string of the molecule is CC(O)[C@H](NC(=O)c1cc(C2CC2)c(OCC23CC4CC(CC(C4)C2)C3)cc1F)C(=O)O. The molecule has 7 heteroatoms. The van der Waals surface area contributed by atoms with Crippen molar-refractivity contribution < 1.29 is 28.9 Å². The van der Waals surface area contributed by atoms with Gasteiger partial charge in [-0.2, -0.15) is 0 Å². The summed E-state index contributed by atoms with van der Waals surface area (Å²) in [6, 6.07) is 1.30. The smallest absolute Gasteiger partial charge is 0.328 e. The van der Waals surface area contributed by atoms with Crippen LogP contribution in [0.5, 0.6) is 5.75 Å². The Hall–Kier alpha value is -2.15. The van der Waals surface area contributed by atoms with Gasteiger partial charge < -0.3 is 20.3 Å². The molecule has 5 fully saturated rings. The molecule has 5 saturated carbocycles. The Bertz CT molecular complexity index is 890. The van der Waals surface area contributed by atoms with E-state index in [1.54, 1.807) is 0 Å². The highest BCUT2D eigenvalue weighted by molar-refractivity contribution is 5.97. The molecule has 0 heterocycles. The minimum Gasteiger partial charge on any atom is -0.493 e. The van der Waals surface area contributed by atoms with Gasteiger partial charge in [-0.1, -0.05) is 0 Å². The molecule has 0 radical (unpaired) electrons. The van der Waals surface area contributed by atoms with Gasteiger partial charge in [0.15, 0.2) is 6.04 Å². The molecule has 5 aliphatic rings. The highest BCUT2D eigenvalue weighted by Gasteiger charge is 2.51. The molecule has 0 aromatic heterocycles.